The topological polar surface area (TPSA) is 78.9 Å². The lowest BCUT2D eigenvalue weighted by molar-refractivity contribution is 0.400. The van der Waals surface area contributed by atoms with Crippen molar-refractivity contribution in [3.63, 3.8) is 0 Å². The molecule has 0 spiro atoms. The monoisotopic (exact) mass is 287 g/mol. The van der Waals surface area contributed by atoms with Crippen LogP contribution in [0.1, 0.15) is 45.0 Å². The van der Waals surface area contributed by atoms with Gasteiger partial charge in [-0.05, 0) is 31.3 Å². The van der Waals surface area contributed by atoms with Gasteiger partial charge in [-0.15, -0.1) is 0 Å². The molecule has 1 aromatic rings. The van der Waals surface area contributed by atoms with Crippen molar-refractivity contribution in [2.45, 2.75) is 46.6 Å². The van der Waals surface area contributed by atoms with Crippen molar-refractivity contribution >= 4 is 17.3 Å². The van der Waals surface area contributed by atoms with E-state index in [1.807, 2.05) is 20.8 Å². The molecule has 21 heavy (non-hydrogen) atoms. The van der Waals surface area contributed by atoms with E-state index in [1.165, 1.54) is 6.42 Å². The van der Waals surface area contributed by atoms with E-state index >= 15 is 0 Å². The third kappa shape index (κ3) is 2.52. The molecule has 1 saturated heterocycles. The van der Waals surface area contributed by atoms with Crippen molar-refractivity contribution in [1.82, 2.24) is 9.97 Å². The lowest BCUT2D eigenvalue weighted by Gasteiger charge is -2.44. The van der Waals surface area contributed by atoms with Gasteiger partial charge >= 0.3 is 0 Å². The minimum absolute atomic E-state index is 0.199. The number of piperidine rings is 1. The van der Waals surface area contributed by atoms with Crippen LogP contribution in [0.5, 0.6) is 0 Å². The molecule has 3 N–H and O–H groups in total. The number of nitrogens with one attached hydrogen (secondary N) is 1. The first-order chi connectivity index (χ1) is 9.99. The molecule has 1 fully saturated rings. The number of anilines is 2. The number of hydrogen-bond acceptors (Lipinski definition) is 5. The Morgan fingerprint density at radius 1 is 1.29 bits per heavy atom. The predicted octanol–water partition coefficient (Wildman–Crippen LogP) is 2.94. The number of hydrogen-bond donors (Lipinski definition) is 2. The Bertz CT molecular complexity index is 578. The lowest BCUT2D eigenvalue weighted by Crippen LogP contribution is -2.49. The van der Waals surface area contributed by atoms with Crippen molar-refractivity contribution in [1.29, 1.82) is 5.41 Å². The lowest BCUT2D eigenvalue weighted by atomic mass is 9.83. The summed E-state index contributed by atoms with van der Waals surface area (Å²) >= 11 is 0. The Labute approximate surface area is 126 Å². The Kier molecular flexibility index (Phi) is 4.30. The molecule has 5 nitrogen and oxygen atoms in total. The van der Waals surface area contributed by atoms with Crippen LogP contribution in [0.4, 0.5) is 11.6 Å². The highest BCUT2D eigenvalue weighted by Gasteiger charge is 2.38. The SMILES string of the molecule is C=C1C(=N)c2c(N)nc(C)nc2N2CC(C)CCC12.CC. The summed E-state index contributed by atoms with van der Waals surface area (Å²) in [4.78, 5) is 11.0. The Morgan fingerprint density at radius 2 is 1.95 bits per heavy atom. The zero-order chi connectivity index (χ0) is 15.7. The molecule has 1 aromatic heterocycles. The first kappa shape index (κ1) is 15.5. The Balaban J connectivity index is 0.000000774. The summed E-state index contributed by atoms with van der Waals surface area (Å²) in [7, 11) is 0. The van der Waals surface area contributed by atoms with Gasteiger partial charge in [-0.1, -0.05) is 27.4 Å². The average molecular weight is 287 g/mol. The Morgan fingerprint density at radius 3 is 2.62 bits per heavy atom. The van der Waals surface area contributed by atoms with Gasteiger partial charge in [-0.2, -0.15) is 0 Å². The van der Waals surface area contributed by atoms with Gasteiger partial charge in [0, 0.05) is 6.54 Å². The van der Waals surface area contributed by atoms with Crippen LogP contribution in [0, 0.1) is 18.3 Å². The van der Waals surface area contributed by atoms with Crippen LogP contribution >= 0.6 is 0 Å². The molecule has 0 radical (unpaired) electrons. The number of nitrogens with zero attached hydrogens (tertiary/aromatic N) is 3. The summed E-state index contributed by atoms with van der Waals surface area (Å²) in [6.45, 7) is 13.1. The summed E-state index contributed by atoms with van der Waals surface area (Å²) in [6, 6.07) is 0.199. The number of nitrogen functional groups attached to an aromatic ring is 1. The fraction of sp³-hybridized carbons (Fsp3) is 0.562. The molecular formula is C16H25N5. The van der Waals surface area contributed by atoms with E-state index in [0.29, 0.717) is 28.8 Å². The molecule has 2 unspecified atom stereocenters. The van der Waals surface area contributed by atoms with E-state index in [9.17, 15) is 0 Å². The molecule has 2 atom stereocenters. The molecule has 0 saturated carbocycles. The summed E-state index contributed by atoms with van der Waals surface area (Å²) in [5.74, 6) is 2.50. The number of nitrogens with two attached hydrogens (primary N) is 1. The molecule has 2 aliphatic rings. The van der Waals surface area contributed by atoms with Gasteiger partial charge < -0.3 is 10.6 Å². The summed E-state index contributed by atoms with van der Waals surface area (Å²) in [5, 5.41) is 8.27. The van der Waals surface area contributed by atoms with Gasteiger partial charge in [-0.3, -0.25) is 5.41 Å². The number of fused-ring (bicyclic) bond motifs is 3. The van der Waals surface area contributed by atoms with Crippen molar-refractivity contribution in [3.05, 3.63) is 23.5 Å². The second-order valence-corrected chi connectivity index (χ2v) is 5.61. The maximum atomic E-state index is 8.27. The molecule has 5 heteroatoms. The van der Waals surface area contributed by atoms with Crippen LogP contribution in [-0.2, 0) is 0 Å². The molecule has 2 aliphatic heterocycles. The molecule has 0 aliphatic carbocycles. The van der Waals surface area contributed by atoms with Crippen LogP contribution in [0.15, 0.2) is 12.2 Å². The molecule has 0 amide bonds. The Hall–Kier alpha value is -1.91. The van der Waals surface area contributed by atoms with Gasteiger partial charge in [0.2, 0.25) is 0 Å². The van der Waals surface area contributed by atoms with Crippen LogP contribution in [0.3, 0.4) is 0 Å². The van der Waals surface area contributed by atoms with E-state index in [-0.39, 0.29) is 6.04 Å². The fourth-order valence-electron chi connectivity index (χ4n) is 3.10. The van der Waals surface area contributed by atoms with Gasteiger partial charge in [-0.25, -0.2) is 9.97 Å². The zero-order valence-electron chi connectivity index (χ0n) is 13.4. The quantitative estimate of drug-likeness (QED) is 0.769. The van der Waals surface area contributed by atoms with Crippen LogP contribution in [0.2, 0.25) is 0 Å². The highest BCUT2D eigenvalue weighted by atomic mass is 15.2. The van der Waals surface area contributed by atoms with Gasteiger partial charge in [0.1, 0.15) is 17.5 Å². The van der Waals surface area contributed by atoms with Crippen LogP contribution in [-0.4, -0.2) is 28.3 Å². The van der Waals surface area contributed by atoms with E-state index < -0.39 is 0 Å². The van der Waals surface area contributed by atoms with Crippen LogP contribution in [0.25, 0.3) is 0 Å². The summed E-state index contributed by atoms with van der Waals surface area (Å²) in [5.41, 5.74) is 7.90. The largest absolute Gasteiger partial charge is 0.383 e. The number of rotatable bonds is 0. The second-order valence-electron chi connectivity index (χ2n) is 5.61. The minimum Gasteiger partial charge on any atom is -0.383 e. The van der Waals surface area contributed by atoms with Crippen LogP contribution < -0.4 is 10.6 Å². The second kappa shape index (κ2) is 5.84. The van der Waals surface area contributed by atoms with E-state index in [1.54, 1.807) is 0 Å². The molecular weight excluding hydrogens is 262 g/mol. The molecule has 3 heterocycles. The summed E-state index contributed by atoms with van der Waals surface area (Å²) in [6.07, 6.45) is 2.20. The van der Waals surface area contributed by atoms with Gasteiger partial charge in [0.25, 0.3) is 0 Å². The van der Waals surface area contributed by atoms with Crippen molar-refractivity contribution in [3.8, 4) is 0 Å². The van der Waals surface area contributed by atoms with E-state index in [2.05, 4.69) is 28.4 Å². The average Bonchev–Trinajstić information content (AvgIpc) is 2.46. The third-order valence-electron chi connectivity index (χ3n) is 4.09. The van der Waals surface area contributed by atoms with Gasteiger partial charge in [0.05, 0.1) is 17.3 Å². The maximum absolute atomic E-state index is 8.27. The van der Waals surface area contributed by atoms with Crippen molar-refractivity contribution in [2.24, 2.45) is 5.92 Å². The maximum Gasteiger partial charge on any atom is 0.144 e. The minimum atomic E-state index is 0.199. The van der Waals surface area contributed by atoms with Crippen molar-refractivity contribution < 1.29 is 0 Å². The zero-order valence-corrected chi connectivity index (χ0v) is 13.4. The summed E-state index contributed by atoms with van der Waals surface area (Å²) < 4.78 is 0. The highest BCUT2D eigenvalue weighted by Crippen LogP contribution is 2.39. The fourth-order valence-corrected chi connectivity index (χ4v) is 3.10. The number of aryl methyl sites for hydroxylation is 1. The van der Waals surface area contributed by atoms with Gasteiger partial charge in [0.15, 0.2) is 0 Å². The molecule has 0 bridgehead atoms. The molecule has 114 valence electrons. The third-order valence-corrected chi connectivity index (χ3v) is 4.09. The van der Waals surface area contributed by atoms with E-state index in [4.69, 9.17) is 11.1 Å². The van der Waals surface area contributed by atoms with E-state index in [0.717, 1.165) is 24.4 Å². The molecule has 0 aromatic carbocycles. The normalized spacial score (nSPS) is 23.9. The smallest absolute Gasteiger partial charge is 0.144 e. The predicted molar refractivity (Wildman–Crippen MR) is 88.0 cm³/mol. The number of aromatic nitrogens is 2. The highest BCUT2D eigenvalue weighted by molar-refractivity contribution is 6.18. The van der Waals surface area contributed by atoms with Crippen molar-refractivity contribution in [2.75, 3.05) is 17.2 Å². The first-order valence-electron chi connectivity index (χ1n) is 7.68. The molecule has 3 rings (SSSR count). The first-order valence-corrected chi connectivity index (χ1v) is 7.68. The standard InChI is InChI=1S/C14H19N5.C2H6/c1-7-4-5-10-8(2)12(15)11-13(16)17-9(3)18-14(11)19(10)6-7;1-2/h7,10,15H,2,4-6H2,1,3H3,(H2,16,17,18);1-2H3.